The highest BCUT2D eigenvalue weighted by Gasteiger charge is 2.13. The lowest BCUT2D eigenvalue weighted by atomic mass is 10.1. The van der Waals surface area contributed by atoms with E-state index in [0.29, 0.717) is 16.0 Å². The minimum atomic E-state index is 0.619. The van der Waals surface area contributed by atoms with Crippen LogP contribution in [0.4, 0.5) is 0 Å². The van der Waals surface area contributed by atoms with Gasteiger partial charge in [-0.15, -0.1) is 0 Å². The van der Waals surface area contributed by atoms with Gasteiger partial charge in [0.15, 0.2) is 0 Å². The number of hydrogen-bond acceptors (Lipinski definition) is 2. The third kappa shape index (κ3) is 5.25. The molecule has 1 saturated heterocycles. The quantitative estimate of drug-likeness (QED) is 0.846. The molecular formula is C16H24Cl2N2. The van der Waals surface area contributed by atoms with Crippen molar-refractivity contribution in [3.63, 3.8) is 0 Å². The molecule has 0 saturated carbocycles. The first-order valence-corrected chi connectivity index (χ1v) is 8.28. The molecule has 0 radical (unpaired) electrons. The van der Waals surface area contributed by atoms with E-state index in [4.69, 9.17) is 23.2 Å². The van der Waals surface area contributed by atoms with Crippen molar-refractivity contribution in [3.05, 3.63) is 33.8 Å². The normalized spacial score (nSPS) is 18.1. The van der Waals surface area contributed by atoms with Crippen molar-refractivity contribution in [2.24, 2.45) is 5.92 Å². The van der Waals surface area contributed by atoms with Gasteiger partial charge in [0.2, 0.25) is 0 Å². The maximum absolute atomic E-state index is 6.02. The van der Waals surface area contributed by atoms with Gasteiger partial charge in [0, 0.05) is 13.1 Å². The number of halogens is 2. The van der Waals surface area contributed by atoms with Crippen molar-refractivity contribution in [2.75, 3.05) is 26.2 Å². The van der Waals surface area contributed by atoms with E-state index in [1.54, 1.807) is 0 Å². The van der Waals surface area contributed by atoms with Crippen molar-refractivity contribution >= 4 is 23.2 Å². The lowest BCUT2D eigenvalue weighted by Crippen LogP contribution is -2.36. The average molecular weight is 315 g/mol. The SMILES string of the molecule is CC(CNCc1ccc(Cl)c(Cl)c1)CN1CCCCC1. The summed E-state index contributed by atoms with van der Waals surface area (Å²) in [4.78, 5) is 2.59. The maximum Gasteiger partial charge on any atom is 0.0595 e. The Morgan fingerprint density at radius 2 is 1.90 bits per heavy atom. The summed E-state index contributed by atoms with van der Waals surface area (Å²) in [5.74, 6) is 0.677. The molecule has 1 aliphatic heterocycles. The van der Waals surface area contributed by atoms with E-state index in [1.165, 1.54) is 44.5 Å². The van der Waals surface area contributed by atoms with Gasteiger partial charge in [0.25, 0.3) is 0 Å². The Labute approximate surface area is 132 Å². The summed E-state index contributed by atoms with van der Waals surface area (Å²) in [6.45, 7) is 7.96. The first kappa shape index (κ1) is 16.1. The summed E-state index contributed by atoms with van der Waals surface area (Å²) in [6.07, 6.45) is 4.13. The largest absolute Gasteiger partial charge is 0.312 e. The number of nitrogens with one attached hydrogen (secondary N) is 1. The fraction of sp³-hybridized carbons (Fsp3) is 0.625. The highest BCUT2D eigenvalue weighted by Crippen LogP contribution is 2.22. The van der Waals surface area contributed by atoms with E-state index >= 15 is 0 Å². The van der Waals surface area contributed by atoms with Gasteiger partial charge in [0.05, 0.1) is 10.0 Å². The van der Waals surface area contributed by atoms with Gasteiger partial charge in [-0.05, 0) is 56.1 Å². The zero-order valence-corrected chi connectivity index (χ0v) is 13.7. The second-order valence-electron chi connectivity index (χ2n) is 5.85. The van der Waals surface area contributed by atoms with Crippen LogP contribution in [0.25, 0.3) is 0 Å². The highest BCUT2D eigenvalue weighted by molar-refractivity contribution is 6.42. The lowest BCUT2D eigenvalue weighted by molar-refractivity contribution is 0.199. The molecule has 1 aromatic carbocycles. The van der Waals surface area contributed by atoms with Crippen LogP contribution in [0.2, 0.25) is 10.0 Å². The molecule has 1 aromatic rings. The first-order valence-electron chi connectivity index (χ1n) is 7.52. The van der Waals surface area contributed by atoms with Crippen LogP contribution < -0.4 is 5.32 Å². The van der Waals surface area contributed by atoms with Gasteiger partial charge in [-0.2, -0.15) is 0 Å². The molecule has 1 atom stereocenters. The van der Waals surface area contributed by atoms with Crippen LogP contribution >= 0.6 is 23.2 Å². The topological polar surface area (TPSA) is 15.3 Å². The molecule has 112 valence electrons. The molecule has 1 N–H and O–H groups in total. The minimum absolute atomic E-state index is 0.619. The van der Waals surface area contributed by atoms with Gasteiger partial charge >= 0.3 is 0 Å². The van der Waals surface area contributed by atoms with Crippen LogP contribution in [0.5, 0.6) is 0 Å². The van der Waals surface area contributed by atoms with Gasteiger partial charge in [-0.3, -0.25) is 0 Å². The summed E-state index contributed by atoms with van der Waals surface area (Å²) in [5.41, 5.74) is 1.18. The number of rotatable bonds is 6. The van der Waals surface area contributed by atoms with E-state index in [0.717, 1.165) is 13.1 Å². The lowest BCUT2D eigenvalue weighted by Gasteiger charge is -2.29. The molecule has 0 amide bonds. The van der Waals surface area contributed by atoms with E-state index in [-0.39, 0.29) is 0 Å². The van der Waals surface area contributed by atoms with E-state index in [1.807, 2.05) is 18.2 Å². The Kier molecular flexibility index (Phi) is 6.63. The molecule has 0 aromatic heterocycles. The van der Waals surface area contributed by atoms with E-state index < -0.39 is 0 Å². The van der Waals surface area contributed by atoms with Gasteiger partial charge in [-0.25, -0.2) is 0 Å². The Morgan fingerprint density at radius 1 is 1.15 bits per heavy atom. The molecular weight excluding hydrogens is 291 g/mol. The Bertz CT molecular complexity index is 417. The Morgan fingerprint density at radius 3 is 2.60 bits per heavy atom. The van der Waals surface area contributed by atoms with Crippen molar-refractivity contribution in [1.29, 1.82) is 0 Å². The Hall–Kier alpha value is -0.280. The molecule has 1 aliphatic rings. The van der Waals surface area contributed by atoms with Crippen molar-refractivity contribution in [3.8, 4) is 0 Å². The van der Waals surface area contributed by atoms with Crippen molar-refractivity contribution < 1.29 is 0 Å². The summed E-state index contributed by atoms with van der Waals surface area (Å²) in [5, 5.41) is 4.76. The molecule has 0 bridgehead atoms. The average Bonchev–Trinajstić information content (AvgIpc) is 2.44. The monoisotopic (exact) mass is 314 g/mol. The zero-order chi connectivity index (χ0) is 14.4. The molecule has 0 aliphatic carbocycles. The molecule has 20 heavy (non-hydrogen) atoms. The van der Waals surface area contributed by atoms with Crippen LogP contribution in [-0.2, 0) is 6.54 Å². The Balaban J connectivity index is 1.67. The number of likely N-dealkylation sites (tertiary alicyclic amines) is 1. The fourth-order valence-corrected chi connectivity index (χ4v) is 3.08. The third-order valence-corrected chi connectivity index (χ3v) is 4.56. The first-order chi connectivity index (χ1) is 9.65. The van der Waals surface area contributed by atoms with Gasteiger partial charge in [-0.1, -0.05) is 42.6 Å². The van der Waals surface area contributed by atoms with Crippen molar-refractivity contribution in [2.45, 2.75) is 32.7 Å². The molecule has 0 spiro atoms. The highest BCUT2D eigenvalue weighted by atomic mass is 35.5. The van der Waals surface area contributed by atoms with E-state index in [9.17, 15) is 0 Å². The van der Waals surface area contributed by atoms with Crippen LogP contribution in [0.15, 0.2) is 18.2 Å². The van der Waals surface area contributed by atoms with Crippen LogP contribution in [-0.4, -0.2) is 31.1 Å². The molecule has 2 rings (SSSR count). The number of hydrogen-bond donors (Lipinski definition) is 1. The number of piperidine rings is 1. The third-order valence-electron chi connectivity index (χ3n) is 3.82. The smallest absolute Gasteiger partial charge is 0.0595 e. The molecule has 1 fully saturated rings. The molecule has 1 heterocycles. The zero-order valence-electron chi connectivity index (χ0n) is 12.2. The second kappa shape index (κ2) is 8.23. The standard InChI is InChI=1S/C16H24Cl2N2/c1-13(12-20-7-3-2-4-8-20)10-19-11-14-5-6-15(17)16(18)9-14/h5-6,9,13,19H,2-4,7-8,10-12H2,1H3. The summed E-state index contributed by atoms with van der Waals surface area (Å²) in [7, 11) is 0. The summed E-state index contributed by atoms with van der Waals surface area (Å²) in [6, 6.07) is 5.82. The second-order valence-corrected chi connectivity index (χ2v) is 6.66. The predicted octanol–water partition coefficient (Wildman–Crippen LogP) is 4.21. The summed E-state index contributed by atoms with van der Waals surface area (Å²) >= 11 is 11.9. The number of nitrogens with zero attached hydrogens (tertiary/aromatic N) is 1. The summed E-state index contributed by atoms with van der Waals surface area (Å²) < 4.78 is 0. The predicted molar refractivity (Wildman–Crippen MR) is 87.6 cm³/mol. The molecule has 2 nitrogen and oxygen atoms in total. The van der Waals surface area contributed by atoms with Gasteiger partial charge < -0.3 is 10.2 Å². The minimum Gasteiger partial charge on any atom is -0.312 e. The van der Waals surface area contributed by atoms with Crippen LogP contribution in [0.1, 0.15) is 31.7 Å². The van der Waals surface area contributed by atoms with E-state index in [2.05, 4.69) is 17.1 Å². The van der Waals surface area contributed by atoms with Crippen LogP contribution in [0.3, 0.4) is 0 Å². The molecule has 1 unspecified atom stereocenters. The molecule has 4 heteroatoms. The van der Waals surface area contributed by atoms with Crippen LogP contribution in [0, 0.1) is 5.92 Å². The van der Waals surface area contributed by atoms with Crippen molar-refractivity contribution in [1.82, 2.24) is 10.2 Å². The number of benzene rings is 1. The maximum atomic E-state index is 6.02. The fourth-order valence-electron chi connectivity index (χ4n) is 2.76. The van der Waals surface area contributed by atoms with Gasteiger partial charge in [0.1, 0.15) is 0 Å².